The van der Waals surface area contributed by atoms with E-state index in [9.17, 15) is 0 Å². The number of nitrogens with zero attached hydrogens (tertiary/aromatic N) is 2. The van der Waals surface area contributed by atoms with Gasteiger partial charge < -0.3 is 10.2 Å². The summed E-state index contributed by atoms with van der Waals surface area (Å²) in [6.45, 7) is 15.7. The summed E-state index contributed by atoms with van der Waals surface area (Å²) < 4.78 is 0.340. The maximum absolute atomic E-state index is 4.91. The Morgan fingerprint density at radius 2 is 2.14 bits per heavy atom. The molecule has 1 fully saturated rings. The Morgan fingerprint density at radius 1 is 1.38 bits per heavy atom. The molecule has 0 amide bonds. The summed E-state index contributed by atoms with van der Waals surface area (Å²) >= 11 is 3.96. The van der Waals surface area contributed by atoms with Crippen molar-refractivity contribution in [2.45, 2.75) is 52.3 Å². The van der Waals surface area contributed by atoms with Crippen molar-refractivity contribution in [3.8, 4) is 0 Å². The molecule has 120 valence electrons. The van der Waals surface area contributed by atoms with Crippen LogP contribution in [0, 0.1) is 5.92 Å². The van der Waals surface area contributed by atoms with Crippen molar-refractivity contribution in [1.29, 1.82) is 0 Å². The quantitative estimate of drug-likeness (QED) is 0.860. The van der Waals surface area contributed by atoms with Gasteiger partial charge in [0.15, 0.2) is 5.13 Å². The van der Waals surface area contributed by atoms with Crippen molar-refractivity contribution in [1.82, 2.24) is 10.3 Å². The molecule has 1 saturated heterocycles. The fourth-order valence-corrected chi connectivity index (χ4v) is 4.83. The second-order valence-electron chi connectivity index (χ2n) is 6.77. The van der Waals surface area contributed by atoms with Gasteiger partial charge in [-0.2, -0.15) is 11.8 Å². The maximum atomic E-state index is 4.91. The third-order valence-corrected chi connectivity index (χ3v) is 6.09. The second-order valence-corrected chi connectivity index (χ2v) is 9.64. The molecule has 1 aliphatic heterocycles. The molecular weight excluding hydrogens is 298 g/mol. The van der Waals surface area contributed by atoms with Crippen molar-refractivity contribution in [2.75, 3.05) is 30.3 Å². The lowest BCUT2D eigenvalue weighted by Crippen LogP contribution is -2.43. The van der Waals surface area contributed by atoms with Gasteiger partial charge in [-0.25, -0.2) is 4.98 Å². The van der Waals surface area contributed by atoms with Gasteiger partial charge in [0, 0.05) is 35.0 Å². The number of hydrogen-bond acceptors (Lipinski definition) is 5. The third kappa shape index (κ3) is 4.86. The minimum Gasteiger partial charge on any atom is -0.346 e. The van der Waals surface area contributed by atoms with E-state index in [-0.39, 0.29) is 0 Å². The van der Waals surface area contributed by atoms with Crippen molar-refractivity contribution in [3.05, 3.63) is 10.6 Å². The lowest BCUT2D eigenvalue weighted by atomic mass is 10.2. The first-order valence-electron chi connectivity index (χ1n) is 7.99. The lowest BCUT2D eigenvalue weighted by molar-refractivity contribution is 0.553. The van der Waals surface area contributed by atoms with Gasteiger partial charge in [-0.3, -0.25) is 0 Å². The van der Waals surface area contributed by atoms with Crippen LogP contribution < -0.4 is 10.2 Å². The average molecular weight is 328 g/mol. The van der Waals surface area contributed by atoms with Crippen LogP contribution in [0.2, 0.25) is 0 Å². The number of aromatic nitrogens is 1. The van der Waals surface area contributed by atoms with E-state index in [0.29, 0.717) is 10.7 Å². The van der Waals surface area contributed by atoms with Gasteiger partial charge in [-0.1, -0.05) is 20.8 Å². The second kappa shape index (κ2) is 7.34. The number of rotatable bonds is 6. The zero-order valence-corrected chi connectivity index (χ0v) is 15.7. The highest BCUT2D eigenvalue weighted by molar-refractivity contribution is 8.00. The topological polar surface area (TPSA) is 28.2 Å². The standard InChI is InChI=1S/C16H29N3S2/c1-6-13-14(10-17-9-12(2)3)21-15(18-13)19-7-8-20-16(4,5)11-19/h12,17H,6-11H2,1-5H3. The molecule has 2 heterocycles. The fourth-order valence-electron chi connectivity index (χ4n) is 2.57. The van der Waals surface area contributed by atoms with Gasteiger partial charge in [-0.15, -0.1) is 11.3 Å². The van der Waals surface area contributed by atoms with E-state index in [0.717, 1.165) is 32.6 Å². The van der Waals surface area contributed by atoms with Gasteiger partial charge in [0.05, 0.1) is 5.69 Å². The molecule has 0 aliphatic carbocycles. The monoisotopic (exact) mass is 327 g/mol. The van der Waals surface area contributed by atoms with Gasteiger partial charge in [0.25, 0.3) is 0 Å². The molecule has 3 nitrogen and oxygen atoms in total. The smallest absolute Gasteiger partial charge is 0.185 e. The number of thiazole rings is 1. The normalized spacial score (nSPS) is 18.5. The predicted octanol–water partition coefficient (Wildman–Crippen LogP) is 3.78. The molecule has 0 saturated carbocycles. The minimum absolute atomic E-state index is 0.340. The molecule has 21 heavy (non-hydrogen) atoms. The molecule has 0 atom stereocenters. The van der Waals surface area contributed by atoms with Crippen LogP contribution in [0.3, 0.4) is 0 Å². The Labute approximate surface area is 137 Å². The van der Waals surface area contributed by atoms with Crippen molar-refractivity contribution in [2.24, 2.45) is 5.92 Å². The van der Waals surface area contributed by atoms with Crippen LogP contribution in [-0.2, 0) is 13.0 Å². The van der Waals surface area contributed by atoms with Crippen LogP contribution in [0.1, 0.15) is 45.2 Å². The predicted molar refractivity (Wildman–Crippen MR) is 96.8 cm³/mol. The van der Waals surface area contributed by atoms with Gasteiger partial charge in [0.2, 0.25) is 0 Å². The lowest BCUT2D eigenvalue weighted by Gasteiger charge is -2.37. The van der Waals surface area contributed by atoms with E-state index in [4.69, 9.17) is 4.98 Å². The maximum Gasteiger partial charge on any atom is 0.185 e. The minimum atomic E-state index is 0.340. The molecule has 0 radical (unpaired) electrons. The average Bonchev–Trinajstić information content (AvgIpc) is 2.80. The van der Waals surface area contributed by atoms with Crippen molar-refractivity contribution < 1.29 is 0 Å². The van der Waals surface area contributed by atoms with E-state index in [1.807, 2.05) is 11.3 Å². The summed E-state index contributed by atoms with van der Waals surface area (Å²) in [5.74, 6) is 1.90. The van der Waals surface area contributed by atoms with Gasteiger partial charge >= 0.3 is 0 Å². The third-order valence-electron chi connectivity index (χ3n) is 3.64. The summed E-state index contributed by atoms with van der Waals surface area (Å²) in [7, 11) is 0. The number of thioether (sulfide) groups is 1. The van der Waals surface area contributed by atoms with E-state index in [2.05, 4.69) is 56.6 Å². The molecule has 1 aliphatic rings. The molecule has 2 rings (SSSR count). The summed E-state index contributed by atoms with van der Waals surface area (Å²) in [5, 5.41) is 4.78. The highest BCUT2D eigenvalue weighted by Crippen LogP contribution is 2.35. The Hall–Kier alpha value is -0.260. The van der Waals surface area contributed by atoms with E-state index in [1.165, 1.54) is 21.5 Å². The van der Waals surface area contributed by atoms with E-state index >= 15 is 0 Å². The first kappa shape index (κ1) is 17.1. The SMILES string of the molecule is CCc1nc(N2CCSC(C)(C)C2)sc1CNCC(C)C. The van der Waals surface area contributed by atoms with Crippen LogP contribution in [0.4, 0.5) is 5.13 Å². The van der Waals surface area contributed by atoms with Crippen LogP contribution in [0.15, 0.2) is 0 Å². The number of nitrogens with one attached hydrogen (secondary N) is 1. The van der Waals surface area contributed by atoms with E-state index in [1.54, 1.807) is 0 Å². The highest BCUT2D eigenvalue weighted by atomic mass is 32.2. The van der Waals surface area contributed by atoms with Crippen LogP contribution in [-0.4, -0.2) is 35.1 Å². The summed E-state index contributed by atoms with van der Waals surface area (Å²) in [6, 6.07) is 0. The molecular formula is C16H29N3S2. The van der Waals surface area contributed by atoms with Crippen LogP contribution >= 0.6 is 23.1 Å². The molecule has 5 heteroatoms. The molecule has 0 aromatic carbocycles. The summed E-state index contributed by atoms with van der Waals surface area (Å²) in [6.07, 6.45) is 1.03. The first-order chi connectivity index (χ1) is 9.91. The Kier molecular flexibility index (Phi) is 5.97. The molecule has 1 N–H and O–H groups in total. The Bertz CT molecular complexity index is 454. The van der Waals surface area contributed by atoms with Crippen molar-refractivity contribution in [3.63, 3.8) is 0 Å². The Morgan fingerprint density at radius 3 is 2.76 bits per heavy atom. The molecule has 1 aromatic rings. The molecule has 0 spiro atoms. The molecule has 0 unspecified atom stereocenters. The number of aryl methyl sites for hydroxylation is 1. The summed E-state index contributed by atoms with van der Waals surface area (Å²) in [5.41, 5.74) is 1.28. The zero-order chi connectivity index (χ0) is 15.5. The first-order valence-corrected chi connectivity index (χ1v) is 9.79. The van der Waals surface area contributed by atoms with Crippen LogP contribution in [0.25, 0.3) is 0 Å². The largest absolute Gasteiger partial charge is 0.346 e. The van der Waals surface area contributed by atoms with Crippen molar-refractivity contribution >= 4 is 28.2 Å². The Balaban J connectivity index is 2.05. The zero-order valence-electron chi connectivity index (χ0n) is 14.0. The molecule has 0 bridgehead atoms. The van der Waals surface area contributed by atoms with E-state index < -0.39 is 0 Å². The number of anilines is 1. The van der Waals surface area contributed by atoms with Crippen LogP contribution in [0.5, 0.6) is 0 Å². The summed E-state index contributed by atoms with van der Waals surface area (Å²) in [4.78, 5) is 8.81. The number of hydrogen-bond donors (Lipinski definition) is 1. The highest BCUT2D eigenvalue weighted by Gasteiger charge is 2.29. The fraction of sp³-hybridized carbons (Fsp3) is 0.812. The van der Waals surface area contributed by atoms with Gasteiger partial charge in [-0.05, 0) is 32.7 Å². The molecule has 1 aromatic heterocycles. The van der Waals surface area contributed by atoms with Gasteiger partial charge in [0.1, 0.15) is 0 Å².